The summed E-state index contributed by atoms with van der Waals surface area (Å²) < 4.78 is 0. The molecule has 1 heterocycles. The van der Waals surface area contributed by atoms with Crippen molar-refractivity contribution >= 4 is 40.5 Å². The average molecular weight is 372 g/mol. The maximum atomic E-state index is 12.6. The number of benzene rings is 2. The van der Waals surface area contributed by atoms with Crippen molar-refractivity contribution < 1.29 is 14.4 Å². The largest absolute Gasteiger partial charge is 0.385 e. The van der Waals surface area contributed by atoms with E-state index in [0.29, 0.717) is 22.8 Å². The van der Waals surface area contributed by atoms with Crippen LogP contribution in [0.4, 0.5) is 11.4 Å². The Labute approximate surface area is 156 Å². The number of fused-ring (bicyclic) bond motifs is 1. The Morgan fingerprint density at radius 1 is 1.23 bits per heavy atom. The van der Waals surface area contributed by atoms with Crippen LogP contribution in [0.15, 0.2) is 53.7 Å². The summed E-state index contributed by atoms with van der Waals surface area (Å²) in [5.41, 5.74) is 2.30. The number of carbonyl (C=O) groups excluding carboxylic acids is 2. The monoisotopic (exact) mass is 371 g/mol. The lowest BCUT2D eigenvalue weighted by Crippen LogP contribution is -2.31. The van der Waals surface area contributed by atoms with Gasteiger partial charge in [-0.05, 0) is 30.7 Å². The molecule has 0 radical (unpaired) electrons. The van der Waals surface area contributed by atoms with Gasteiger partial charge in [0.05, 0.1) is 5.69 Å². The van der Waals surface area contributed by atoms with Crippen LogP contribution in [0.25, 0.3) is 0 Å². The maximum Gasteiger partial charge on any atom is 0.281 e. The molecule has 0 aliphatic carbocycles. The molecule has 2 aromatic carbocycles. The number of hydrogen-bond donors (Lipinski definition) is 1. The molecule has 0 fully saturated rings. The summed E-state index contributed by atoms with van der Waals surface area (Å²) in [5, 5.41) is 7.09. The number of amides is 2. The molecule has 0 bridgehead atoms. The number of para-hydroxylation sites is 1. The lowest BCUT2D eigenvalue weighted by atomic mass is 10.1. The molecule has 1 N–H and O–H groups in total. The van der Waals surface area contributed by atoms with Gasteiger partial charge in [0.1, 0.15) is 0 Å². The highest BCUT2D eigenvalue weighted by atomic mass is 35.5. The van der Waals surface area contributed by atoms with Gasteiger partial charge in [0.2, 0.25) is 0 Å². The number of nitrogens with one attached hydrogen (secondary N) is 1. The number of carbonyl (C=O) groups is 2. The van der Waals surface area contributed by atoms with E-state index < -0.39 is 0 Å². The quantitative estimate of drug-likeness (QED) is 0.790. The van der Waals surface area contributed by atoms with Crippen LogP contribution in [-0.4, -0.2) is 30.7 Å². The molecule has 7 heteroatoms. The summed E-state index contributed by atoms with van der Waals surface area (Å²) in [6.45, 7) is 2.30. The van der Waals surface area contributed by atoms with E-state index in [0.717, 1.165) is 12.1 Å². The molecule has 0 aromatic heterocycles. The second-order valence-corrected chi connectivity index (χ2v) is 6.18. The zero-order valence-electron chi connectivity index (χ0n) is 14.2. The van der Waals surface area contributed by atoms with E-state index >= 15 is 0 Å². The van der Waals surface area contributed by atoms with E-state index in [4.69, 9.17) is 16.4 Å². The minimum Gasteiger partial charge on any atom is -0.385 e. The summed E-state index contributed by atoms with van der Waals surface area (Å²) in [7, 11) is 0. The van der Waals surface area contributed by atoms with Crippen molar-refractivity contribution in [1.29, 1.82) is 0 Å². The maximum absolute atomic E-state index is 12.6. The average Bonchev–Trinajstić information content (AvgIpc) is 2.88. The fourth-order valence-corrected chi connectivity index (χ4v) is 2.90. The van der Waals surface area contributed by atoms with E-state index in [-0.39, 0.29) is 24.1 Å². The Hall–Kier alpha value is -2.86. The van der Waals surface area contributed by atoms with Crippen LogP contribution < -0.4 is 10.2 Å². The lowest BCUT2D eigenvalue weighted by molar-refractivity contribution is -0.120. The lowest BCUT2D eigenvalue weighted by Gasteiger charge is -2.14. The van der Waals surface area contributed by atoms with Crippen LogP contribution in [0.5, 0.6) is 0 Å². The summed E-state index contributed by atoms with van der Waals surface area (Å²) in [6, 6.07) is 14.2. The van der Waals surface area contributed by atoms with E-state index in [2.05, 4.69) is 10.5 Å². The third-order valence-corrected chi connectivity index (χ3v) is 4.04. The molecule has 0 atom stereocenters. The molecule has 0 spiro atoms. The van der Waals surface area contributed by atoms with E-state index in [1.807, 2.05) is 31.2 Å². The summed E-state index contributed by atoms with van der Waals surface area (Å²) in [5.74, 6) is -0.607. The molecule has 1 aliphatic rings. The number of nitrogens with zero attached hydrogens (tertiary/aromatic N) is 2. The Morgan fingerprint density at radius 3 is 2.81 bits per heavy atom. The molecule has 26 heavy (non-hydrogen) atoms. The van der Waals surface area contributed by atoms with Gasteiger partial charge in [-0.15, -0.1) is 0 Å². The zero-order chi connectivity index (χ0) is 18.5. The molecular formula is C19H18ClN3O3. The van der Waals surface area contributed by atoms with Crippen molar-refractivity contribution in [2.45, 2.75) is 13.3 Å². The minimum absolute atomic E-state index is 0.213. The Kier molecular flexibility index (Phi) is 5.53. The molecule has 2 amide bonds. The van der Waals surface area contributed by atoms with Crippen LogP contribution in [-0.2, 0) is 14.4 Å². The fourth-order valence-electron chi connectivity index (χ4n) is 2.71. The highest BCUT2D eigenvalue weighted by Gasteiger charge is 2.33. The second-order valence-electron chi connectivity index (χ2n) is 5.75. The number of anilines is 2. The third-order valence-electron chi connectivity index (χ3n) is 3.80. The van der Waals surface area contributed by atoms with E-state index in [9.17, 15) is 9.59 Å². The molecule has 0 unspecified atom stereocenters. The molecule has 1 aliphatic heterocycles. The highest BCUT2D eigenvalue weighted by Crippen LogP contribution is 2.29. The molecule has 0 saturated heterocycles. The van der Waals surface area contributed by atoms with Gasteiger partial charge in [0.25, 0.3) is 11.8 Å². The first-order valence-corrected chi connectivity index (χ1v) is 8.64. The highest BCUT2D eigenvalue weighted by molar-refractivity contribution is 6.54. The molecule has 3 rings (SSSR count). The van der Waals surface area contributed by atoms with E-state index in [1.165, 1.54) is 0 Å². The van der Waals surface area contributed by atoms with Gasteiger partial charge < -0.3 is 15.1 Å². The fraction of sp³-hybridized carbons (Fsp3) is 0.211. The second kappa shape index (κ2) is 8.01. The van der Waals surface area contributed by atoms with Crippen molar-refractivity contribution in [2.75, 3.05) is 23.4 Å². The van der Waals surface area contributed by atoms with Gasteiger partial charge in [-0.1, -0.05) is 47.9 Å². The minimum atomic E-state index is -0.388. The first kappa shape index (κ1) is 17.9. The van der Waals surface area contributed by atoms with Gasteiger partial charge in [0, 0.05) is 22.8 Å². The summed E-state index contributed by atoms with van der Waals surface area (Å²) >= 11 is 5.88. The normalized spacial score (nSPS) is 14.5. The first-order chi connectivity index (χ1) is 12.6. The zero-order valence-corrected chi connectivity index (χ0v) is 15.0. The van der Waals surface area contributed by atoms with Crippen LogP contribution in [0.1, 0.15) is 18.9 Å². The molecule has 2 aromatic rings. The van der Waals surface area contributed by atoms with Gasteiger partial charge in [-0.3, -0.25) is 9.59 Å². The number of halogens is 1. The third kappa shape index (κ3) is 3.86. The predicted octanol–water partition coefficient (Wildman–Crippen LogP) is 3.46. The Balaban J connectivity index is 1.66. The van der Waals surface area contributed by atoms with Crippen molar-refractivity contribution in [2.24, 2.45) is 5.16 Å². The smallest absolute Gasteiger partial charge is 0.281 e. The van der Waals surface area contributed by atoms with Crippen LogP contribution >= 0.6 is 11.6 Å². The summed E-state index contributed by atoms with van der Waals surface area (Å²) in [4.78, 5) is 31.3. The van der Waals surface area contributed by atoms with Crippen LogP contribution in [0.2, 0.25) is 5.02 Å². The van der Waals surface area contributed by atoms with Gasteiger partial charge >= 0.3 is 0 Å². The molecule has 134 valence electrons. The van der Waals surface area contributed by atoms with Gasteiger partial charge in [0.15, 0.2) is 12.3 Å². The van der Waals surface area contributed by atoms with Gasteiger partial charge in [-0.2, -0.15) is 0 Å². The summed E-state index contributed by atoms with van der Waals surface area (Å²) in [6.07, 6.45) is 0.830. The molecular weight excluding hydrogens is 354 g/mol. The first-order valence-electron chi connectivity index (χ1n) is 8.26. The number of oxime groups is 1. The predicted molar refractivity (Wildman–Crippen MR) is 102 cm³/mol. The molecule has 0 saturated carbocycles. The molecule has 6 nitrogen and oxygen atoms in total. The van der Waals surface area contributed by atoms with E-state index in [1.54, 1.807) is 29.2 Å². The van der Waals surface area contributed by atoms with Gasteiger partial charge in [-0.25, -0.2) is 0 Å². The number of hydrogen-bond acceptors (Lipinski definition) is 4. The Bertz CT molecular complexity index is 867. The number of rotatable bonds is 6. The Morgan fingerprint density at radius 2 is 2.04 bits per heavy atom. The van der Waals surface area contributed by atoms with Crippen molar-refractivity contribution in [3.8, 4) is 0 Å². The van der Waals surface area contributed by atoms with Crippen molar-refractivity contribution in [3.05, 3.63) is 59.1 Å². The van der Waals surface area contributed by atoms with Crippen LogP contribution in [0, 0.1) is 0 Å². The SMILES string of the molecule is CCCN1C(=O)/C(=N/OCC(=O)Nc2cccc(Cl)c2)c2ccccc21. The standard InChI is InChI=1S/C19H18ClN3O3/c1-2-10-23-16-9-4-3-8-15(16)18(19(23)25)22-26-12-17(24)21-14-7-5-6-13(20)11-14/h3-9,11H,2,10,12H2,1H3,(H,21,24)/b22-18+. The van der Waals surface area contributed by atoms with Crippen molar-refractivity contribution in [3.63, 3.8) is 0 Å². The van der Waals surface area contributed by atoms with Crippen molar-refractivity contribution in [1.82, 2.24) is 0 Å². The van der Waals surface area contributed by atoms with Crippen LogP contribution in [0.3, 0.4) is 0 Å². The topological polar surface area (TPSA) is 71.0 Å².